The van der Waals surface area contributed by atoms with Gasteiger partial charge in [0.25, 0.3) is 0 Å². The first-order chi connectivity index (χ1) is 10.2. The Kier molecular flexibility index (Phi) is 3.90. The van der Waals surface area contributed by atoms with Crippen LogP contribution in [0.25, 0.3) is 11.0 Å². The molecule has 0 fully saturated rings. The lowest BCUT2D eigenvalue weighted by molar-refractivity contribution is 0.624. The van der Waals surface area contributed by atoms with Crippen LogP contribution in [0.4, 0.5) is 4.39 Å². The van der Waals surface area contributed by atoms with Crippen molar-refractivity contribution in [3.8, 4) is 0 Å². The fourth-order valence-corrected chi connectivity index (χ4v) is 2.71. The van der Waals surface area contributed by atoms with E-state index in [0.717, 1.165) is 28.6 Å². The van der Waals surface area contributed by atoms with Gasteiger partial charge in [0.15, 0.2) is 0 Å². The molecule has 0 aliphatic carbocycles. The predicted octanol–water partition coefficient (Wildman–Crippen LogP) is 3.38. The third-order valence-corrected chi connectivity index (χ3v) is 3.93. The Labute approximate surface area is 127 Å². The molecule has 0 aliphatic heterocycles. The van der Waals surface area contributed by atoms with E-state index in [9.17, 15) is 4.39 Å². The number of rotatable bonds is 4. The SMILES string of the molecule is NCCc1cn(Cc2cccc(F)c2Cl)c2ncccc12. The third kappa shape index (κ3) is 2.64. The van der Waals surface area contributed by atoms with Crippen molar-refractivity contribution in [3.63, 3.8) is 0 Å². The number of nitrogens with zero attached hydrogens (tertiary/aromatic N) is 2. The fraction of sp³-hybridized carbons (Fsp3) is 0.188. The zero-order valence-electron chi connectivity index (χ0n) is 11.4. The van der Waals surface area contributed by atoms with Gasteiger partial charge in [-0.25, -0.2) is 9.37 Å². The molecule has 0 amide bonds. The number of hydrogen-bond donors (Lipinski definition) is 1. The van der Waals surface area contributed by atoms with Crippen LogP contribution in [-0.4, -0.2) is 16.1 Å². The van der Waals surface area contributed by atoms with E-state index in [1.165, 1.54) is 6.07 Å². The van der Waals surface area contributed by atoms with E-state index in [4.69, 9.17) is 17.3 Å². The quantitative estimate of drug-likeness (QED) is 0.803. The molecule has 0 saturated carbocycles. The maximum Gasteiger partial charge on any atom is 0.142 e. The van der Waals surface area contributed by atoms with Gasteiger partial charge in [0.05, 0.1) is 11.6 Å². The second-order valence-electron chi connectivity index (χ2n) is 4.91. The first-order valence-electron chi connectivity index (χ1n) is 6.76. The fourth-order valence-electron chi connectivity index (χ4n) is 2.52. The van der Waals surface area contributed by atoms with Crippen molar-refractivity contribution in [1.82, 2.24) is 9.55 Å². The van der Waals surface area contributed by atoms with Crippen molar-refractivity contribution in [2.75, 3.05) is 6.54 Å². The molecule has 2 heterocycles. The molecule has 3 aromatic rings. The topological polar surface area (TPSA) is 43.8 Å². The number of aromatic nitrogens is 2. The molecule has 21 heavy (non-hydrogen) atoms. The predicted molar refractivity (Wildman–Crippen MR) is 83.0 cm³/mol. The van der Waals surface area contributed by atoms with Gasteiger partial charge in [-0.15, -0.1) is 0 Å². The monoisotopic (exact) mass is 303 g/mol. The molecule has 2 N–H and O–H groups in total. The highest BCUT2D eigenvalue weighted by atomic mass is 35.5. The average Bonchev–Trinajstić information content (AvgIpc) is 2.83. The number of halogens is 2. The lowest BCUT2D eigenvalue weighted by Crippen LogP contribution is -2.02. The van der Waals surface area contributed by atoms with Crippen molar-refractivity contribution < 1.29 is 4.39 Å². The van der Waals surface area contributed by atoms with E-state index in [0.29, 0.717) is 13.1 Å². The van der Waals surface area contributed by atoms with Crippen molar-refractivity contribution in [1.29, 1.82) is 0 Å². The van der Waals surface area contributed by atoms with Crippen LogP contribution in [0.5, 0.6) is 0 Å². The van der Waals surface area contributed by atoms with Crippen LogP contribution in [0.1, 0.15) is 11.1 Å². The standard InChI is InChI=1S/C16H15ClFN3/c17-15-12(3-1-5-14(15)18)10-21-9-11(6-7-19)13-4-2-8-20-16(13)21/h1-5,8-9H,6-7,10,19H2. The van der Waals surface area contributed by atoms with E-state index in [-0.39, 0.29) is 5.02 Å². The summed E-state index contributed by atoms with van der Waals surface area (Å²) in [5.74, 6) is -0.402. The van der Waals surface area contributed by atoms with Gasteiger partial charge < -0.3 is 10.3 Å². The molecule has 5 heteroatoms. The number of fused-ring (bicyclic) bond motifs is 1. The molecule has 3 nitrogen and oxygen atoms in total. The van der Waals surface area contributed by atoms with Gasteiger partial charge in [-0.3, -0.25) is 0 Å². The van der Waals surface area contributed by atoms with Crippen molar-refractivity contribution in [2.45, 2.75) is 13.0 Å². The van der Waals surface area contributed by atoms with E-state index in [1.54, 1.807) is 12.3 Å². The van der Waals surface area contributed by atoms with E-state index >= 15 is 0 Å². The average molecular weight is 304 g/mol. The molecule has 3 rings (SSSR count). The minimum Gasteiger partial charge on any atom is -0.330 e. The summed E-state index contributed by atoms with van der Waals surface area (Å²) in [5.41, 5.74) is 8.40. The van der Waals surface area contributed by atoms with Gasteiger partial charge in [-0.2, -0.15) is 0 Å². The summed E-state index contributed by atoms with van der Waals surface area (Å²) in [6.45, 7) is 1.06. The summed E-state index contributed by atoms with van der Waals surface area (Å²) in [6, 6.07) is 8.77. The second-order valence-corrected chi connectivity index (χ2v) is 5.29. The van der Waals surface area contributed by atoms with Crippen molar-refractivity contribution >= 4 is 22.6 Å². The van der Waals surface area contributed by atoms with Crippen LogP contribution in [0.2, 0.25) is 5.02 Å². The van der Waals surface area contributed by atoms with Gasteiger partial charge in [0.2, 0.25) is 0 Å². The number of hydrogen-bond acceptors (Lipinski definition) is 2. The van der Waals surface area contributed by atoms with Gasteiger partial charge in [0, 0.05) is 17.8 Å². The Bertz CT molecular complexity index is 782. The third-order valence-electron chi connectivity index (χ3n) is 3.50. The van der Waals surface area contributed by atoms with Gasteiger partial charge >= 0.3 is 0 Å². The Balaban J connectivity index is 2.06. The van der Waals surface area contributed by atoms with E-state index in [1.807, 2.05) is 29.0 Å². The molecule has 2 aromatic heterocycles. The smallest absolute Gasteiger partial charge is 0.142 e. The van der Waals surface area contributed by atoms with Crippen LogP contribution in [-0.2, 0) is 13.0 Å². The molecule has 0 atom stereocenters. The summed E-state index contributed by atoms with van der Waals surface area (Å²) in [5, 5.41) is 1.24. The Hall–Kier alpha value is -1.91. The van der Waals surface area contributed by atoms with Crippen LogP contribution in [0, 0.1) is 5.82 Å². The Morgan fingerprint density at radius 1 is 1.19 bits per heavy atom. The van der Waals surface area contributed by atoms with Crippen LogP contribution >= 0.6 is 11.6 Å². The lowest BCUT2D eigenvalue weighted by Gasteiger charge is -2.07. The lowest BCUT2D eigenvalue weighted by atomic mass is 10.2. The van der Waals surface area contributed by atoms with Gasteiger partial charge in [-0.05, 0) is 42.3 Å². The highest BCUT2D eigenvalue weighted by Crippen LogP contribution is 2.24. The maximum absolute atomic E-state index is 13.5. The summed E-state index contributed by atoms with van der Waals surface area (Å²) >= 11 is 6.03. The van der Waals surface area contributed by atoms with Crippen LogP contribution < -0.4 is 5.73 Å². The molecular formula is C16H15ClFN3. The van der Waals surface area contributed by atoms with E-state index < -0.39 is 5.82 Å². The van der Waals surface area contributed by atoms with Gasteiger partial charge in [-0.1, -0.05) is 23.7 Å². The summed E-state index contributed by atoms with van der Waals surface area (Å²) < 4.78 is 15.5. The minimum absolute atomic E-state index is 0.163. The normalized spacial score (nSPS) is 11.2. The zero-order chi connectivity index (χ0) is 14.8. The first kappa shape index (κ1) is 14.0. The van der Waals surface area contributed by atoms with Gasteiger partial charge in [0.1, 0.15) is 11.5 Å². The molecule has 108 valence electrons. The van der Waals surface area contributed by atoms with Crippen LogP contribution in [0.15, 0.2) is 42.7 Å². The summed E-state index contributed by atoms with van der Waals surface area (Å²) in [7, 11) is 0. The number of pyridine rings is 1. The highest BCUT2D eigenvalue weighted by Gasteiger charge is 2.11. The molecule has 0 saturated heterocycles. The molecule has 0 aliphatic rings. The Morgan fingerprint density at radius 3 is 2.86 bits per heavy atom. The number of benzene rings is 1. The first-order valence-corrected chi connectivity index (χ1v) is 7.14. The van der Waals surface area contributed by atoms with Crippen molar-refractivity contribution in [3.05, 3.63) is 64.7 Å². The molecule has 0 bridgehead atoms. The minimum atomic E-state index is -0.402. The molecule has 0 unspecified atom stereocenters. The maximum atomic E-state index is 13.5. The molecule has 1 aromatic carbocycles. The summed E-state index contributed by atoms with van der Waals surface area (Å²) in [6.07, 6.45) is 4.55. The van der Waals surface area contributed by atoms with Crippen LogP contribution in [0.3, 0.4) is 0 Å². The molecule has 0 spiro atoms. The Morgan fingerprint density at radius 2 is 2.05 bits per heavy atom. The molecular weight excluding hydrogens is 289 g/mol. The largest absolute Gasteiger partial charge is 0.330 e. The van der Waals surface area contributed by atoms with E-state index in [2.05, 4.69) is 4.98 Å². The summed E-state index contributed by atoms with van der Waals surface area (Å²) in [4.78, 5) is 4.42. The number of nitrogens with two attached hydrogens (primary N) is 1. The zero-order valence-corrected chi connectivity index (χ0v) is 12.1. The highest BCUT2D eigenvalue weighted by molar-refractivity contribution is 6.31. The molecule has 0 radical (unpaired) electrons. The second kappa shape index (κ2) is 5.84. The van der Waals surface area contributed by atoms with Crippen molar-refractivity contribution in [2.24, 2.45) is 5.73 Å².